The highest BCUT2D eigenvalue weighted by atomic mass is 32.2. The highest BCUT2D eigenvalue weighted by molar-refractivity contribution is 8.25. The molecule has 3 nitrogen and oxygen atoms in total. The Labute approximate surface area is 119 Å². The summed E-state index contributed by atoms with van der Waals surface area (Å²) in [6.45, 7) is 7.59. The molecule has 0 saturated carbocycles. The van der Waals surface area contributed by atoms with Gasteiger partial charge in [0.15, 0.2) is 3.82 Å². The van der Waals surface area contributed by atoms with Crippen LogP contribution in [0.5, 0.6) is 0 Å². The highest BCUT2D eigenvalue weighted by Gasteiger charge is 2.52. The molecular weight excluding hydrogens is 287 g/mol. The van der Waals surface area contributed by atoms with Gasteiger partial charge in [0.1, 0.15) is 0 Å². The molecular formula is C12H23O3PS2. The smallest absolute Gasteiger partial charge is 0.304 e. The van der Waals surface area contributed by atoms with E-state index in [2.05, 4.69) is 12.2 Å². The molecule has 1 heterocycles. The van der Waals surface area contributed by atoms with Crippen molar-refractivity contribution in [2.45, 2.75) is 50.1 Å². The molecule has 0 aliphatic carbocycles. The van der Waals surface area contributed by atoms with Crippen LogP contribution in [0, 0.1) is 0 Å². The largest absolute Gasteiger partial charge is 0.357 e. The lowest BCUT2D eigenvalue weighted by Gasteiger charge is -2.39. The third-order valence-corrected chi connectivity index (χ3v) is 9.71. The summed E-state index contributed by atoms with van der Waals surface area (Å²) >= 11 is 3.25. The Morgan fingerprint density at radius 3 is 2.11 bits per heavy atom. The molecule has 0 aromatic heterocycles. The quantitative estimate of drug-likeness (QED) is 0.523. The average Bonchev–Trinajstić information content (AvgIpc) is 2.27. The van der Waals surface area contributed by atoms with Gasteiger partial charge in [-0.15, -0.1) is 23.5 Å². The van der Waals surface area contributed by atoms with E-state index in [0.29, 0.717) is 0 Å². The Morgan fingerprint density at radius 2 is 1.78 bits per heavy atom. The number of thioether (sulfide) groups is 2. The van der Waals surface area contributed by atoms with E-state index in [9.17, 15) is 4.57 Å². The van der Waals surface area contributed by atoms with Gasteiger partial charge < -0.3 is 9.05 Å². The standard InChI is InChI=1S/C12H23O3PS2/c1-10(2)14-16(13,15-11(3)4)12(17-5)8-6-7-9-18-12/h6-7,10-11H,8-9H2,1-5H3/t12-/m1/s1. The van der Waals surface area contributed by atoms with Crippen molar-refractivity contribution in [2.75, 3.05) is 12.0 Å². The van der Waals surface area contributed by atoms with Gasteiger partial charge in [-0.2, -0.15) is 0 Å². The van der Waals surface area contributed by atoms with E-state index in [1.807, 2.05) is 34.0 Å². The summed E-state index contributed by atoms with van der Waals surface area (Å²) in [5.74, 6) is 0.855. The lowest BCUT2D eigenvalue weighted by molar-refractivity contribution is 0.139. The van der Waals surface area contributed by atoms with Gasteiger partial charge in [0, 0.05) is 12.2 Å². The molecule has 0 bridgehead atoms. The first kappa shape index (κ1) is 16.6. The zero-order chi connectivity index (χ0) is 13.8. The second-order valence-corrected chi connectivity index (χ2v) is 10.2. The molecule has 0 aromatic carbocycles. The molecule has 0 aromatic rings. The van der Waals surface area contributed by atoms with Gasteiger partial charge in [0.25, 0.3) is 0 Å². The summed E-state index contributed by atoms with van der Waals surface area (Å²) in [6, 6.07) is 0. The monoisotopic (exact) mass is 310 g/mol. The Hall–Kier alpha value is 0.590. The minimum Gasteiger partial charge on any atom is -0.304 e. The van der Waals surface area contributed by atoms with E-state index in [1.165, 1.54) is 0 Å². The van der Waals surface area contributed by atoms with Crippen molar-refractivity contribution in [3.05, 3.63) is 12.2 Å². The summed E-state index contributed by atoms with van der Waals surface area (Å²) in [7, 11) is -3.16. The van der Waals surface area contributed by atoms with E-state index in [4.69, 9.17) is 9.05 Å². The Morgan fingerprint density at radius 1 is 1.22 bits per heavy atom. The molecule has 0 amide bonds. The molecule has 1 aliphatic rings. The maximum absolute atomic E-state index is 13.2. The van der Waals surface area contributed by atoms with E-state index < -0.39 is 11.4 Å². The molecule has 0 unspecified atom stereocenters. The number of hydrogen-bond acceptors (Lipinski definition) is 5. The van der Waals surface area contributed by atoms with Gasteiger partial charge in [0.05, 0.1) is 12.2 Å². The minimum atomic E-state index is -3.16. The van der Waals surface area contributed by atoms with Gasteiger partial charge in [-0.1, -0.05) is 12.2 Å². The summed E-state index contributed by atoms with van der Waals surface area (Å²) in [4.78, 5) is 0. The van der Waals surface area contributed by atoms with E-state index >= 15 is 0 Å². The van der Waals surface area contributed by atoms with Gasteiger partial charge in [0.2, 0.25) is 0 Å². The zero-order valence-corrected chi connectivity index (χ0v) is 14.2. The van der Waals surface area contributed by atoms with Crippen LogP contribution in [0.3, 0.4) is 0 Å². The van der Waals surface area contributed by atoms with Crippen molar-refractivity contribution < 1.29 is 13.6 Å². The van der Waals surface area contributed by atoms with Crippen molar-refractivity contribution in [3.8, 4) is 0 Å². The molecule has 0 radical (unpaired) electrons. The van der Waals surface area contributed by atoms with Crippen molar-refractivity contribution in [1.82, 2.24) is 0 Å². The van der Waals surface area contributed by atoms with Crippen molar-refractivity contribution in [3.63, 3.8) is 0 Å². The van der Waals surface area contributed by atoms with E-state index in [1.54, 1.807) is 23.5 Å². The van der Waals surface area contributed by atoms with Crippen LogP contribution in [0.4, 0.5) is 0 Å². The fourth-order valence-corrected chi connectivity index (χ4v) is 7.45. The number of rotatable bonds is 6. The first-order valence-corrected chi connectivity index (χ1v) is 9.91. The van der Waals surface area contributed by atoms with Crippen LogP contribution < -0.4 is 0 Å². The third-order valence-electron chi connectivity index (χ3n) is 2.38. The predicted octanol–water partition coefficient (Wildman–Crippen LogP) is 4.74. The van der Waals surface area contributed by atoms with E-state index in [-0.39, 0.29) is 12.2 Å². The Bertz CT molecular complexity index is 330. The normalized spacial score (nSPS) is 25.1. The lowest BCUT2D eigenvalue weighted by atomic mass is 10.4. The van der Waals surface area contributed by atoms with Gasteiger partial charge >= 0.3 is 7.60 Å². The molecule has 6 heteroatoms. The first-order valence-electron chi connectivity index (χ1n) is 6.16. The Balaban J connectivity index is 3.06. The van der Waals surface area contributed by atoms with Crippen LogP contribution in [-0.4, -0.2) is 28.0 Å². The second-order valence-electron chi connectivity index (χ2n) is 4.71. The fraction of sp³-hybridized carbons (Fsp3) is 0.833. The zero-order valence-electron chi connectivity index (χ0n) is 11.7. The number of allylic oxidation sites excluding steroid dienone is 1. The molecule has 1 aliphatic heterocycles. The maximum Gasteiger partial charge on any atom is 0.357 e. The van der Waals surface area contributed by atoms with Crippen molar-refractivity contribution >= 4 is 31.1 Å². The molecule has 1 rings (SSSR count). The topological polar surface area (TPSA) is 35.5 Å². The first-order chi connectivity index (χ1) is 8.35. The maximum atomic E-state index is 13.2. The van der Waals surface area contributed by atoms with Gasteiger partial charge in [-0.05, 0) is 34.0 Å². The fourth-order valence-electron chi connectivity index (χ4n) is 1.72. The minimum absolute atomic E-state index is 0.106. The van der Waals surface area contributed by atoms with Crippen LogP contribution in [0.25, 0.3) is 0 Å². The summed E-state index contributed by atoms with van der Waals surface area (Å²) < 4.78 is 24.2. The average molecular weight is 310 g/mol. The highest BCUT2D eigenvalue weighted by Crippen LogP contribution is 2.72. The molecule has 0 fully saturated rings. The van der Waals surface area contributed by atoms with Gasteiger partial charge in [-0.3, -0.25) is 4.57 Å². The molecule has 0 spiro atoms. The summed E-state index contributed by atoms with van der Waals surface area (Å²) in [5.41, 5.74) is 0. The number of hydrogen-bond donors (Lipinski definition) is 0. The molecule has 18 heavy (non-hydrogen) atoms. The third kappa shape index (κ3) is 3.80. The molecule has 106 valence electrons. The molecule has 0 saturated heterocycles. The summed E-state index contributed by atoms with van der Waals surface area (Å²) in [5, 5.41) is 0. The lowest BCUT2D eigenvalue weighted by Crippen LogP contribution is -2.27. The van der Waals surface area contributed by atoms with E-state index in [0.717, 1.165) is 12.2 Å². The van der Waals surface area contributed by atoms with Crippen LogP contribution >= 0.6 is 31.1 Å². The molecule has 1 atom stereocenters. The van der Waals surface area contributed by atoms with Crippen LogP contribution in [0.2, 0.25) is 0 Å². The predicted molar refractivity (Wildman–Crippen MR) is 82.5 cm³/mol. The summed E-state index contributed by atoms with van der Waals surface area (Å²) in [6.07, 6.45) is 6.67. The second kappa shape index (κ2) is 6.85. The van der Waals surface area contributed by atoms with Crippen LogP contribution in [0.15, 0.2) is 12.2 Å². The van der Waals surface area contributed by atoms with Crippen LogP contribution in [0.1, 0.15) is 34.1 Å². The van der Waals surface area contributed by atoms with Crippen molar-refractivity contribution in [2.24, 2.45) is 0 Å². The molecule has 0 N–H and O–H groups in total. The van der Waals surface area contributed by atoms with Crippen LogP contribution in [-0.2, 0) is 13.6 Å². The SMILES string of the molecule is CS[C@]1(P(=O)(OC(C)C)OC(C)C)CC=CCS1. The Kier molecular flexibility index (Phi) is 6.33. The van der Waals surface area contributed by atoms with Crippen molar-refractivity contribution in [1.29, 1.82) is 0 Å². The van der Waals surface area contributed by atoms with Gasteiger partial charge in [-0.25, -0.2) is 0 Å².